The molecule has 3 N–H and O–H groups in total. The van der Waals surface area contributed by atoms with Crippen molar-refractivity contribution in [1.29, 1.82) is 0 Å². The number of H-pyrrole nitrogens is 1. The summed E-state index contributed by atoms with van der Waals surface area (Å²) in [6.45, 7) is 2.29. The maximum atomic E-state index is 9.58. The summed E-state index contributed by atoms with van der Waals surface area (Å²) in [6, 6.07) is 8.68. The highest BCUT2D eigenvalue weighted by Gasteiger charge is 2.31. The summed E-state index contributed by atoms with van der Waals surface area (Å²) in [5, 5.41) is 14.1. The molecule has 0 bridgehead atoms. The van der Waals surface area contributed by atoms with Gasteiger partial charge in [0.15, 0.2) is 5.16 Å². The van der Waals surface area contributed by atoms with E-state index in [1.165, 1.54) is 12.8 Å². The number of aromatic nitrogens is 2. The van der Waals surface area contributed by atoms with E-state index in [1.54, 1.807) is 11.8 Å². The predicted octanol–water partition coefficient (Wildman–Crippen LogP) is 2.55. The van der Waals surface area contributed by atoms with Gasteiger partial charge in [0.05, 0.1) is 17.6 Å². The van der Waals surface area contributed by atoms with Crippen LogP contribution in [-0.4, -0.2) is 39.0 Å². The molecule has 1 saturated carbocycles. The number of benzene rings is 1. The zero-order valence-electron chi connectivity index (χ0n) is 11.7. The van der Waals surface area contributed by atoms with Crippen LogP contribution in [0.25, 0.3) is 11.0 Å². The number of rotatable bonds is 7. The molecule has 0 spiro atoms. The first-order valence-electron chi connectivity index (χ1n) is 7.15. The van der Waals surface area contributed by atoms with Crippen LogP contribution in [0.2, 0.25) is 0 Å². The number of nitrogens with zero attached hydrogens (tertiary/aromatic N) is 1. The monoisotopic (exact) mass is 291 g/mol. The first-order valence-corrected chi connectivity index (χ1v) is 8.13. The Morgan fingerprint density at radius 1 is 1.45 bits per heavy atom. The zero-order chi connectivity index (χ0) is 14.0. The van der Waals surface area contributed by atoms with Crippen molar-refractivity contribution in [2.45, 2.75) is 42.9 Å². The third-order valence-electron chi connectivity index (χ3n) is 3.74. The molecule has 2 aromatic rings. The summed E-state index contributed by atoms with van der Waals surface area (Å²) in [5.74, 6) is 0.941. The molecule has 1 aliphatic rings. The molecule has 1 aliphatic carbocycles. The van der Waals surface area contributed by atoms with Crippen LogP contribution < -0.4 is 5.32 Å². The fraction of sp³-hybridized carbons (Fsp3) is 0.533. The molecule has 108 valence electrons. The van der Waals surface area contributed by atoms with Gasteiger partial charge in [-0.05, 0) is 38.3 Å². The number of thioether (sulfide) groups is 1. The van der Waals surface area contributed by atoms with Gasteiger partial charge in [0.1, 0.15) is 0 Å². The molecule has 1 aromatic carbocycles. The first kappa shape index (κ1) is 13.9. The van der Waals surface area contributed by atoms with Crippen LogP contribution in [-0.2, 0) is 0 Å². The summed E-state index contributed by atoms with van der Waals surface area (Å²) >= 11 is 1.72. The summed E-state index contributed by atoms with van der Waals surface area (Å²) in [4.78, 5) is 7.88. The molecule has 0 saturated heterocycles. The first-order chi connectivity index (χ1) is 9.68. The van der Waals surface area contributed by atoms with E-state index < -0.39 is 0 Å². The van der Waals surface area contributed by atoms with Crippen molar-refractivity contribution in [3.05, 3.63) is 24.3 Å². The molecule has 3 rings (SSSR count). The molecule has 0 amide bonds. The van der Waals surface area contributed by atoms with Crippen LogP contribution >= 0.6 is 11.8 Å². The van der Waals surface area contributed by atoms with E-state index in [0.29, 0.717) is 6.04 Å². The number of aliphatic hydroxyl groups excluding tert-OH is 1. The Labute approximate surface area is 123 Å². The van der Waals surface area contributed by atoms with Crippen molar-refractivity contribution in [2.24, 2.45) is 0 Å². The van der Waals surface area contributed by atoms with Gasteiger partial charge in [-0.3, -0.25) is 0 Å². The Hall–Kier alpha value is -1.04. The minimum Gasteiger partial charge on any atom is -0.394 e. The fourth-order valence-electron chi connectivity index (χ4n) is 2.29. The lowest BCUT2D eigenvalue weighted by Gasteiger charge is -2.28. The van der Waals surface area contributed by atoms with Crippen LogP contribution in [0, 0.1) is 0 Å². The molecule has 4 nitrogen and oxygen atoms in total. The van der Waals surface area contributed by atoms with Crippen molar-refractivity contribution in [3.63, 3.8) is 0 Å². The smallest absolute Gasteiger partial charge is 0.166 e. The molecule has 0 radical (unpaired) electrons. The normalized spacial score (nSPS) is 18.3. The number of aromatic amines is 1. The van der Waals surface area contributed by atoms with Crippen LogP contribution in [0.1, 0.15) is 26.2 Å². The molecule has 1 heterocycles. The molecule has 20 heavy (non-hydrogen) atoms. The number of aliphatic hydroxyl groups is 1. The molecule has 1 atom stereocenters. The van der Waals surface area contributed by atoms with E-state index in [-0.39, 0.29) is 12.1 Å². The van der Waals surface area contributed by atoms with Crippen molar-refractivity contribution >= 4 is 22.8 Å². The average molecular weight is 291 g/mol. The van der Waals surface area contributed by atoms with Gasteiger partial charge in [-0.25, -0.2) is 4.98 Å². The van der Waals surface area contributed by atoms with Gasteiger partial charge >= 0.3 is 0 Å². The van der Waals surface area contributed by atoms with Crippen LogP contribution in [0.3, 0.4) is 0 Å². The fourth-order valence-corrected chi connectivity index (χ4v) is 3.38. The van der Waals surface area contributed by atoms with Gasteiger partial charge in [-0.1, -0.05) is 23.9 Å². The Balaban J connectivity index is 1.55. The van der Waals surface area contributed by atoms with Gasteiger partial charge in [-0.15, -0.1) is 0 Å². The number of imidazole rings is 1. The van der Waals surface area contributed by atoms with E-state index >= 15 is 0 Å². The van der Waals surface area contributed by atoms with Gasteiger partial charge in [-0.2, -0.15) is 0 Å². The van der Waals surface area contributed by atoms with Gasteiger partial charge in [0.2, 0.25) is 0 Å². The molecule has 1 aromatic heterocycles. The van der Waals surface area contributed by atoms with E-state index in [4.69, 9.17) is 0 Å². The van der Waals surface area contributed by atoms with Crippen molar-refractivity contribution < 1.29 is 5.11 Å². The summed E-state index contributed by atoms with van der Waals surface area (Å²) in [6.07, 6.45) is 3.42. The summed E-state index contributed by atoms with van der Waals surface area (Å²) in [7, 11) is 0. The SMILES string of the molecule is CC(CO)(CCSc1nc2ccccc2[nH]1)NC1CC1. The van der Waals surface area contributed by atoms with E-state index in [1.807, 2.05) is 24.3 Å². The van der Waals surface area contributed by atoms with Gasteiger partial charge in [0, 0.05) is 17.3 Å². The highest BCUT2D eigenvalue weighted by Crippen LogP contribution is 2.26. The Bertz CT molecular complexity index is 548. The average Bonchev–Trinajstić information content (AvgIpc) is 3.15. The van der Waals surface area contributed by atoms with E-state index in [0.717, 1.165) is 28.4 Å². The second kappa shape index (κ2) is 5.76. The third-order valence-corrected chi connectivity index (χ3v) is 4.61. The van der Waals surface area contributed by atoms with Crippen LogP contribution in [0.15, 0.2) is 29.4 Å². The molecule has 0 aliphatic heterocycles. The molecule has 5 heteroatoms. The Morgan fingerprint density at radius 3 is 2.95 bits per heavy atom. The lowest BCUT2D eigenvalue weighted by atomic mass is 10.0. The minimum absolute atomic E-state index is 0.166. The predicted molar refractivity (Wildman–Crippen MR) is 83.1 cm³/mol. The van der Waals surface area contributed by atoms with Gasteiger partial charge < -0.3 is 15.4 Å². The largest absolute Gasteiger partial charge is 0.394 e. The number of hydrogen-bond donors (Lipinski definition) is 3. The zero-order valence-corrected chi connectivity index (χ0v) is 12.5. The Morgan fingerprint density at radius 2 is 2.25 bits per heavy atom. The molecular weight excluding hydrogens is 270 g/mol. The quantitative estimate of drug-likeness (QED) is 0.686. The van der Waals surface area contributed by atoms with Crippen LogP contribution in [0.5, 0.6) is 0 Å². The number of nitrogens with one attached hydrogen (secondary N) is 2. The minimum atomic E-state index is -0.166. The van der Waals surface area contributed by atoms with Crippen molar-refractivity contribution in [3.8, 4) is 0 Å². The molecule has 1 fully saturated rings. The maximum absolute atomic E-state index is 9.58. The topological polar surface area (TPSA) is 60.9 Å². The van der Waals surface area contributed by atoms with E-state index in [2.05, 4.69) is 22.2 Å². The highest BCUT2D eigenvalue weighted by molar-refractivity contribution is 7.99. The third kappa shape index (κ3) is 3.34. The van der Waals surface area contributed by atoms with Crippen molar-refractivity contribution in [1.82, 2.24) is 15.3 Å². The standard InChI is InChI=1S/C15H21N3OS/c1-15(10-19,18-11-6-7-11)8-9-20-14-16-12-4-2-3-5-13(12)17-14/h2-5,11,18-19H,6-10H2,1H3,(H,16,17). The second-order valence-electron chi connectivity index (χ2n) is 5.79. The maximum Gasteiger partial charge on any atom is 0.166 e. The summed E-state index contributed by atoms with van der Waals surface area (Å²) < 4.78 is 0. The molecule has 1 unspecified atom stereocenters. The Kier molecular flexibility index (Phi) is 4.01. The number of fused-ring (bicyclic) bond motifs is 1. The summed E-state index contributed by atoms with van der Waals surface area (Å²) in [5.41, 5.74) is 1.92. The highest BCUT2D eigenvalue weighted by atomic mass is 32.2. The number of hydrogen-bond acceptors (Lipinski definition) is 4. The van der Waals surface area contributed by atoms with E-state index in [9.17, 15) is 5.11 Å². The van der Waals surface area contributed by atoms with Crippen LogP contribution in [0.4, 0.5) is 0 Å². The number of para-hydroxylation sites is 2. The second-order valence-corrected chi connectivity index (χ2v) is 6.88. The van der Waals surface area contributed by atoms with Crippen molar-refractivity contribution in [2.75, 3.05) is 12.4 Å². The lowest BCUT2D eigenvalue weighted by molar-refractivity contribution is 0.169. The van der Waals surface area contributed by atoms with Gasteiger partial charge in [0.25, 0.3) is 0 Å². The molecular formula is C15H21N3OS. The lowest BCUT2D eigenvalue weighted by Crippen LogP contribution is -2.47.